The number of hydrogen-bond donors (Lipinski definition) is 3. The first-order chi connectivity index (χ1) is 10.9. The highest BCUT2D eigenvalue weighted by Gasteiger charge is 2.13. The van der Waals surface area contributed by atoms with Crippen LogP contribution in [-0.4, -0.2) is 20.8 Å². The minimum atomic E-state index is -0.786. The Morgan fingerprint density at radius 1 is 1.13 bits per heavy atom. The third-order valence-corrected chi connectivity index (χ3v) is 3.68. The minimum absolute atomic E-state index is 0.0913. The molecule has 1 aromatic heterocycles. The molecule has 0 spiro atoms. The molecule has 0 saturated carbocycles. The zero-order valence-electron chi connectivity index (χ0n) is 11.4. The van der Waals surface area contributed by atoms with Crippen LogP contribution < -0.4 is 11.2 Å². The molecule has 0 amide bonds. The summed E-state index contributed by atoms with van der Waals surface area (Å²) in [6, 6.07) is 5.01. The molecule has 1 aliphatic heterocycles. The molecule has 2 aromatic rings. The summed E-state index contributed by atoms with van der Waals surface area (Å²) >= 11 is 12.1. The van der Waals surface area contributed by atoms with Crippen LogP contribution in [0.25, 0.3) is 6.08 Å². The van der Waals surface area contributed by atoms with Crippen molar-refractivity contribution in [3.8, 4) is 5.88 Å². The number of aliphatic imine (C=N–C) groups is 1. The molecule has 0 fully saturated rings. The average Bonchev–Trinajstić information content (AvgIpc) is 2.94. The van der Waals surface area contributed by atoms with Gasteiger partial charge in [-0.25, -0.2) is 9.79 Å². The first-order valence-corrected chi connectivity index (χ1v) is 7.19. The van der Waals surface area contributed by atoms with Crippen molar-refractivity contribution in [2.24, 2.45) is 4.99 Å². The summed E-state index contributed by atoms with van der Waals surface area (Å²) in [4.78, 5) is 31.2. The number of rotatable bonds is 2. The lowest BCUT2D eigenvalue weighted by atomic mass is 10.1. The normalized spacial score (nSPS) is 15.2. The molecule has 8 heteroatoms. The summed E-state index contributed by atoms with van der Waals surface area (Å²) < 4.78 is 0. The summed E-state index contributed by atoms with van der Waals surface area (Å²) in [6.07, 6.45) is 4.71. The van der Waals surface area contributed by atoms with Crippen LogP contribution in [0.3, 0.4) is 0 Å². The summed E-state index contributed by atoms with van der Waals surface area (Å²) in [5, 5.41) is 10.7. The van der Waals surface area contributed by atoms with E-state index >= 15 is 0 Å². The molecule has 1 aliphatic rings. The molecule has 1 aromatic carbocycles. The zero-order valence-corrected chi connectivity index (χ0v) is 12.9. The van der Waals surface area contributed by atoms with E-state index in [1.54, 1.807) is 30.4 Å². The van der Waals surface area contributed by atoms with Crippen molar-refractivity contribution >= 4 is 35.0 Å². The number of hydrogen-bond acceptors (Lipinski definition) is 4. The molecular weight excluding hydrogens is 341 g/mol. The van der Waals surface area contributed by atoms with E-state index in [-0.39, 0.29) is 5.56 Å². The van der Waals surface area contributed by atoms with Crippen molar-refractivity contribution in [1.82, 2.24) is 9.97 Å². The van der Waals surface area contributed by atoms with Gasteiger partial charge in [-0.2, -0.15) is 0 Å². The second kappa shape index (κ2) is 5.91. The quantitative estimate of drug-likeness (QED) is 0.776. The highest BCUT2D eigenvalue weighted by Crippen LogP contribution is 2.25. The van der Waals surface area contributed by atoms with Crippen molar-refractivity contribution in [3.05, 3.63) is 78.1 Å². The van der Waals surface area contributed by atoms with E-state index in [1.807, 2.05) is 4.98 Å². The highest BCUT2D eigenvalue weighted by atomic mass is 35.5. The van der Waals surface area contributed by atoms with Crippen LogP contribution in [0, 0.1) is 0 Å². The van der Waals surface area contributed by atoms with Gasteiger partial charge in [0.1, 0.15) is 5.56 Å². The summed E-state index contributed by atoms with van der Waals surface area (Å²) in [5.41, 5.74) is 0.0564. The number of nitrogens with one attached hydrogen (secondary N) is 2. The van der Waals surface area contributed by atoms with Gasteiger partial charge in [-0.3, -0.25) is 14.8 Å². The van der Waals surface area contributed by atoms with Crippen LogP contribution in [0.15, 0.2) is 50.6 Å². The van der Waals surface area contributed by atoms with E-state index in [4.69, 9.17) is 23.2 Å². The molecule has 0 radical (unpaired) electrons. The number of aromatic nitrogens is 2. The largest absolute Gasteiger partial charge is 0.494 e. The molecule has 0 bridgehead atoms. The van der Waals surface area contributed by atoms with E-state index in [1.165, 1.54) is 6.08 Å². The predicted molar refractivity (Wildman–Crippen MR) is 89.5 cm³/mol. The number of allylic oxidation sites excluding steroid dienone is 2. The Morgan fingerprint density at radius 2 is 1.91 bits per heavy atom. The summed E-state index contributed by atoms with van der Waals surface area (Å²) in [6.45, 7) is 0. The maximum Gasteiger partial charge on any atom is 0.328 e. The Kier molecular flexibility index (Phi) is 3.94. The molecule has 0 aliphatic carbocycles. The van der Waals surface area contributed by atoms with Gasteiger partial charge in [-0.05, 0) is 36.4 Å². The van der Waals surface area contributed by atoms with Gasteiger partial charge < -0.3 is 5.11 Å². The van der Waals surface area contributed by atoms with E-state index in [9.17, 15) is 14.7 Å². The van der Waals surface area contributed by atoms with Crippen molar-refractivity contribution in [2.75, 3.05) is 0 Å². The third kappa shape index (κ3) is 3.13. The van der Waals surface area contributed by atoms with Gasteiger partial charge in [0.25, 0.3) is 5.56 Å². The zero-order chi connectivity index (χ0) is 16.6. The fourth-order valence-electron chi connectivity index (χ4n) is 2.07. The fraction of sp³-hybridized carbons (Fsp3) is 0. The molecule has 3 rings (SSSR count). The fourth-order valence-corrected chi connectivity index (χ4v) is 2.45. The second-order valence-electron chi connectivity index (χ2n) is 4.69. The van der Waals surface area contributed by atoms with Gasteiger partial charge in [0, 0.05) is 10.6 Å². The van der Waals surface area contributed by atoms with Crippen LogP contribution in [0.4, 0.5) is 0 Å². The lowest BCUT2D eigenvalue weighted by molar-refractivity contribution is 0.447. The minimum Gasteiger partial charge on any atom is -0.494 e. The number of halogens is 2. The molecule has 2 heterocycles. The number of aromatic amines is 2. The lowest BCUT2D eigenvalue weighted by Gasteiger charge is -2.02. The molecule has 0 unspecified atom stereocenters. The molecule has 116 valence electrons. The molecule has 0 saturated heterocycles. The van der Waals surface area contributed by atoms with Crippen LogP contribution in [-0.2, 0) is 0 Å². The van der Waals surface area contributed by atoms with E-state index in [0.717, 1.165) is 0 Å². The van der Waals surface area contributed by atoms with Crippen LogP contribution in [0.5, 0.6) is 5.88 Å². The Morgan fingerprint density at radius 3 is 2.65 bits per heavy atom. The molecule has 0 atom stereocenters. The number of nitrogens with zero attached hydrogens (tertiary/aromatic N) is 1. The first-order valence-electron chi connectivity index (χ1n) is 6.43. The molecular formula is C15H9Cl2N3O3. The standard InChI is InChI=1S/C15H9Cl2N3O3/c16-7-1-3-11(17)9(5-7)12-4-2-8(18-12)6-10-13(21)19-15(23)20-14(10)22/h1-6H,(H3,19,20,21,22,23)/b8-6-. The van der Waals surface area contributed by atoms with Crippen LogP contribution >= 0.6 is 23.2 Å². The summed E-state index contributed by atoms with van der Waals surface area (Å²) in [5.74, 6) is -0.524. The van der Waals surface area contributed by atoms with Crippen LogP contribution in [0.1, 0.15) is 11.1 Å². The van der Waals surface area contributed by atoms with Gasteiger partial charge in [0.2, 0.25) is 5.88 Å². The highest BCUT2D eigenvalue weighted by molar-refractivity contribution is 6.37. The van der Waals surface area contributed by atoms with E-state index < -0.39 is 17.1 Å². The van der Waals surface area contributed by atoms with Gasteiger partial charge in [0.15, 0.2) is 0 Å². The van der Waals surface area contributed by atoms with Crippen LogP contribution in [0.2, 0.25) is 10.0 Å². The average molecular weight is 350 g/mol. The van der Waals surface area contributed by atoms with Crippen molar-refractivity contribution < 1.29 is 5.11 Å². The maximum absolute atomic E-state index is 11.7. The van der Waals surface area contributed by atoms with Gasteiger partial charge in [-0.15, -0.1) is 0 Å². The molecule has 3 N–H and O–H groups in total. The molecule has 23 heavy (non-hydrogen) atoms. The Bertz CT molecular complexity index is 1000. The van der Waals surface area contributed by atoms with Gasteiger partial charge >= 0.3 is 5.69 Å². The van der Waals surface area contributed by atoms with E-state index in [2.05, 4.69) is 9.98 Å². The molecule has 6 nitrogen and oxygen atoms in total. The number of H-pyrrole nitrogens is 2. The first kappa shape index (κ1) is 15.3. The topological polar surface area (TPSA) is 98.3 Å². The smallest absolute Gasteiger partial charge is 0.328 e. The SMILES string of the molecule is O=c1[nH]c(O)c(/C=C2/C=CC(c3cc(Cl)ccc3Cl)=N2)c(=O)[nH]1. The Balaban J connectivity index is 2.04. The third-order valence-electron chi connectivity index (χ3n) is 3.12. The monoisotopic (exact) mass is 349 g/mol. The van der Waals surface area contributed by atoms with Gasteiger partial charge in [0.05, 0.1) is 16.4 Å². The van der Waals surface area contributed by atoms with E-state index in [0.29, 0.717) is 27.0 Å². The van der Waals surface area contributed by atoms with Crippen molar-refractivity contribution in [2.45, 2.75) is 0 Å². The lowest BCUT2D eigenvalue weighted by Crippen LogP contribution is -2.23. The Hall–Kier alpha value is -2.57. The predicted octanol–water partition coefficient (Wildman–Crippen LogP) is 2.48. The summed E-state index contributed by atoms with van der Waals surface area (Å²) in [7, 11) is 0. The maximum atomic E-state index is 11.7. The number of aromatic hydroxyl groups is 1. The second-order valence-corrected chi connectivity index (χ2v) is 5.54. The number of benzene rings is 1. The van der Waals surface area contributed by atoms with Crippen molar-refractivity contribution in [3.63, 3.8) is 0 Å². The van der Waals surface area contributed by atoms with Gasteiger partial charge in [-0.1, -0.05) is 23.2 Å². The Labute approximate surface area is 139 Å². The van der Waals surface area contributed by atoms with Crippen molar-refractivity contribution in [1.29, 1.82) is 0 Å².